The third-order valence-corrected chi connectivity index (χ3v) is 2.55. The largest absolute Gasteiger partial charge is 0.481 e. The van der Waals surface area contributed by atoms with E-state index in [2.05, 4.69) is 5.32 Å². The second kappa shape index (κ2) is 4.75. The van der Waals surface area contributed by atoms with E-state index < -0.39 is 11.4 Å². The zero-order chi connectivity index (χ0) is 10.6. The number of aliphatic carboxylic acids is 1. The van der Waals surface area contributed by atoms with Crippen molar-refractivity contribution in [2.75, 3.05) is 19.7 Å². The maximum atomic E-state index is 10.8. The number of piperidine rings is 1. The fourth-order valence-corrected chi connectivity index (χ4v) is 1.35. The normalized spacial score (nSPS) is 19.6. The van der Waals surface area contributed by atoms with Crippen LogP contribution in [0.5, 0.6) is 0 Å². The molecule has 1 aliphatic heterocycles. The van der Waals surface area contributed by atoms with Gasteiger partial charge in [0.25, 0.3) is 0 Å². The standard InChI is InChI=1S/C10H19NO3/c1-10(2,9(12)13)7-14-8-3-5-11-6-4-8/h8,11H,3-7H2,1-2H3,(H,12,13). The Labute approximate surface area is 84.6 Å². The zero-order valence-corrected chi connectivity index (χ0v) is 8.88. The molecule has 0 aliphatic carbocycles. The third-order valence-electron chi connectivity index (χ3n) is 2.55. The van der Waals surface area contributed by atoms with Crippen molar-refractivity contribution in [1.82, 2.24) is 5.32 Å². The molecule has 14 heavy (non-hydrogen) atoms. The molecule has 1 aliphatic rings. The predicted octanol–water partition coefficient (Wildman–Crippen LogP) is 0.866. The highest BCUT2D eigenvalue weighted by atomic mass is 16.5. The van der Waals surface area contributed by atoms with E-state index >= 15 is 0 Å². The minimum atomic E-state index is -0.800. The van der Waals surface area contributed by atoms with Crippen LogP contribution in [0.15, 0.2) is 0 Å². The minimum Gasteiger partial charge on any atom is -0.481 e. The van der Waals surface area contributed by atoms with Gasteiger partial charge in [-0.2, -0.15) is 0 Å². The summed E-state index contributed by atoms with van der Waals surface area (Å²) < 4.78 is 5.59. The molecule has 82 valence electrons. The van der Waals surface area contributed by atoms with Crippen LogP contribution in [0.2, 0.25) is 0 Å². The van der Waals surface area contributed by atoms with E-state index in [1.165, 1.54) is 0 Å². The Morgan fingerprint density at radius 2 is 2.07 bits per heavy atom. The molecule has 1 rings (SSSR count). The fraction of sp³-hybridized carbons (Fsp3) is 0.900. The van der Waals surface area contributed by atoms with Crippen molar-refractivity contribution in [2.45, 2.75) is 32.8 Å². The van der Waals surface area contributed by atoms with Gasteiger partial charge in [-0.3, -0.25) is 4.79 Å². The quantitative estimate of drug-likeness (QED) is 0.708. The van der Waals surface area contributed by atoms with Crippen molar-refractivity contribution in [2.24, 2.45) is 5.41 Å². The van der Waals surface area contributed by atoms with Crippen LogP contribution >= 0.6 is 0 Å². The summed E-state index contributed by atoms with van der Waals surface area (Å²) in [7, 11) is 0. The SMILES string of the molecule is CC(C)(COC1CCNCC1)C(=O)O. The summed E-state index contributed by atoms with van der Waals surface area (Å²) in [6.45, 7) is 5.62. The average Bonchev–Trinajstić information content (AvgIpc) is 2.16. The van der Waals surface area contributed by atoms with Gasteiger partial charge in [0.05, 0.1) is 18.1 Å². The molecule has 1 heterocycles. The topological polar surface area (TPSA) is 58.6 Å². The molecule has 0 aromatic rings. The third kappa shape index (κ3) is 3.27. The number of hydrogen-bond donors (Lipinski definition) is 2. The first-order chi connectivity index (χ1) is 6.52. The fourth-order valence-electron chi connectivity index (χ4n) is 1.35. The van der Waals surface area contributed by atoms with Gasteiger partial charge >= 0.3 is 5.97 Å². The lowest BCUT2D eigenvalue weighted by Gasteiger charge is -2.27. The van der Waals surface area contributed by atoms with Crippen molar-refractivity contribution in [3.8, 4) is 0 Å². The molecule has 0 atom stereocenters. The highest BCUT2D eigenvalue weighted by Gasteiger charge is 2.28. The van der Waals surface area contributed by atoms with Gasteiger partial charge in [-0.15, -0.1) is 0 Å². The summed E-state index contributed by atoms with van der Waals surface area (Å²) in [5.74, 6) is -0.800. The molecule has 1 saturated heterocycles. The van der Waals surface area contributed by atoms with Gasteiger partial charge in [-0.1, -0.05) is 0 Å². The van der Waals surface area contributed by atoms with Gasteiger partial charge in [-0.05, 0) is 39.8 Å². The minimum absolute atomic E-state index is 0.231. The first-order valence-electron chi connectivity index (χ1n) is 5.08. The summed E-state index contributed by atoms with van der Waals surface area (Å²) in [6.07, 6.45) is 2.20. The van der Waals surface area contributed by atoms with Crippen LogP contribution < -0.4 is 5.32 Å². The number of rotatable bonds is 4. The molecule has 0 unspecified atom stereocenters. The van der Waals surface area contributed by atoms with Crippen molar-refractivity contribution in [3.05, 3.63) is 0 Å². The second-order valence-electron chi connectivity index (χ2n) is 4.45. The van der Waals surface area contributed by atoms with Crippen LogP contribution in [0.3, 0.4) is 0 Å². The monoisotopic (exact) mass is 201 g/mol. The average molecular weight is 201 g/mol. The first kappa shape index (κ1) is 11.5. The highest BCUT2D eigenvalue weighted by Crippen LogP contribution is 2.18. The number of carboxylic acids is 1. The maximum absolute atomic E-state index is 10.8. The van der Waals surface area contributed by atoms with Gasteiger partial charge in [0.1, 0.15) is 0 Å². The van der Waals surface area contributed by atoms with Crippen molar-refractivity contribution < 1.29 is 14.6 Å². The van der Waals surface area contributed by atoms with Crippen molar-refractivity contribution >= 4 is 5.97 Å². The van der Waals surface area contributed by atoms with Crippen LogP contribution in [0, 0.1) is 5.41 Å². The summed E-state index contributed by atoms with van der Waals surface area (Å²) in [6, 6.07) is 0. The lowest BCUT2D eigenvalue weighted by atomic mass is 9.95. The predicted molar refractivity (Wildman–Crippen MR) is 53.3 cm³/mol. The van der Waals surface area contributed by atoms with Gasteiger partial charge in [-0.25, -0.2) is 0 Å². The molecule has 0 bridgehead atoms. The van der Waals surface area contributed by atoms with Gasteiger partial charge in [0.15, 0.2) is 0 Å². The molecule has 1 fully saturated rings. The van der Waals surface area contributed by atoms with E-state index in [0.29, 0.717) is 6.61 Å². The Morgan fingerprint density at radius 1 is 1.50 bits per heavy atom. The van der Waals surface area contributed by atoms with E-state index in [4.69, 9.17) is 9.84 Å². The Balaban J connectivity index is 2.28. The molecule has 0 spiro atoms. The molecular weight excluding hydrogens is 182 g/mol. The van der Waals surface area contributed by atoms with Crippen LogP contribution in [-0.2, 0) is 9.53 Å². The number of ether oxygens (including phenoxy) is 1. The lowest BCUT2D eigenvalue weighted by Crippen LogP contribution is -2.36. The lowest BCUT2D eigenvalue weighted by molar-refractivity contribution is -0.152. The highest BCUT2D eigenvalue weighted by molar-refractivity contribution is 5.73. The Morgan fingerprint density at radius 3 is 2.57 bits per heavy atom. The molecule has 0 saturated carbocycles. The number of carboxylic acid groups (broad SMARTS) is 1. The molecule has 0 amide bonds. The van der Waals surface area contributed by atoms with Gasteiger partial charge in [0, 0.05) is 0 Å². The van der Waals surface area contributed by atoms with E-state index in [1.54, 1.807) is 13.8 Å². The zero-order valence-electron chi connectivity index (χ0n) is 8.88. The van der Waals surface area contributed by atoms with E-state index in [9.17, 15) is 4.79 Å². The summed E-state index contributed by atoms with van der Waals surface area (Å²) >= 11 is 0. The summed E-state index contributed by atoms with van der Waals surface area (Å²) in [5.41, 5.74) is -0.773. The molecule has 0 aromatic heterocycles. The van der Waals surface area contributed by atoms with E-state index in [-0.39, 0.29) is 6.10 Å². The molecule has 4 nitrogen and oxygen atoms in total. The number of nitrogens with one attached hydrogen (secondary N) is 1. The summed E-state index contributed by atoms with van der Waals surface area (Å²) in [4.78, 5) is 10.8. The van der Waals surface area contributed by atoms with Crippen LogP contribution in [0.4, 0.5) is 0 Å². The van der Waals surface area contributed by atoms with E-state index in [1.807, 2.05) is 0 Å². The molecule has 0 radical (unpaired) electrons. The van der Waals surface area contributed by atoms with E-state index in [0.717, 1.165) is 25.9 Å². The second-order valence-corrected chi connectivity index (χ2v) is 4.45. The molecular formula is C10H19NO3. The van der Waals surface area contributed by atoms with Crippen molar-refractivity contribution in [1.29, 1.82) is 0 Å². The van der Waals surface area contributed by atoms with Crippen LogP contribution in [0.25, 0.3) is 0 Å². The Kier molecular flexibility index (Phi) is 3.89. The molecule has 2 N–H and O–H groups in total. The Bertz CT molecular complexity index is 198. The maximum Gasteiger partial charge on any atom is 0.311 e. The molecule has 0 aromatic carbocycles. The van der Waals surface area contributed by atoms with Gasteiger partial charge < -0.3 is 15.2 Å². The smallest absolute Gasteiger partial charge is 0.311 e. The number of hydrogen-bond acceptors (Lipinski definition) is 3. The summed E-state index contributed by atoms with van der Waals surface area (Å²) in [5, 5.41) is 12.1. The van der Waals surface area contributed by atoms with Gasteiger partial charge in [0.2, 0.25) is 0 Å². The van der Waals surface area contributed by atoms with Crippen molar-refractivity contribution in [3.63, 3.8) is 0 Å². The Hall–Kier alpha value is -0.610. The number of carbonyl (C=O) groups is 1. The molecule has 4 heteroatoms. The van der Waals surface area contributed by atoms with Crippen LogP contribution in [-0.4, -0.2) is 36.9 Å². The first-order valence-corrected chi connectivity index (χ1v) is 5.08. The van der Waals surface area contributed by atoms with Crippen LogP contribution in [0.1, 0.15) is 26.7 Å².